The van der Waals surface area contributed by atoms with Gasteiger partial charge in [0.25, 0.3) is 11.1 Å². The largest absolute Gasteiger partial charge is 0.493 e. The van der Waals surface area contributed by atoms with Crippen molar-refractivity contribution in [1.29, 1.82) is 0 Å². The molecule has 2 aromatic carbocycles. The van der Waals surface area contributed by atoms with Crippen molar-refractivity contribution in [2.24, 2.45) is 0 Å². The first kappa shape index (κ1) is 25.1. The number of ether oxygens (including phenoxy) is 3. The highest BCUT2D eigenvalue weighted by Gasteiger charge is 2.36. The number of benzene rings is 2. The molecule has 8 heteroatoms. The number of carbonyl (C=O) groups is 3. The summed E-state index contributed by atoms with van der Waals surface area (Å²) in [6, 6.07) is 13.4. The van der Waals surface area contributed by atoms with Crippen molar-refractivity contribution >= 4 is 35.0 Å². The van der Waals surface area contributed by atoms with Gasteiger partial charge in [-0.15, -0.1) is 6.58 Å². The quantitative estimate of drug-likeness (QED) is 0.269. The Morgan fingerprint density at radius 1 is 1.18 bits per heavy atom. The molecule has 1 heterocycles. The van der Waals surface area contributed by atoms with Crippen LogP contribution in [-0.2, 0) is 27.4 Å². The van der Waals surface area contributed by atoms with Crippen LogP contribution in [0, 0.1) is 0 Å². The molecule has 7 nitrogen and oxygen atoms in total. The Morgan fingerprint density at radius 2 is 1.91 bits per heavy atom. The fraction of sp³-hybridized carbons (Fsp3) is 0.269. The summed E-state index contributed by atoms with van der Waals surface area (Å²) in [5.74, 6) is -0.0769. The Hall–Kier alpha value is -3.52. The Morgan fingerprint density at radius 3 is 2.56 bits per heavy atom. The molecular weight excluding hydrogens is 454 g/mol. The zero-order valence-electron chi connectivity index (χ0n) is 19.4. The first-order valence-electron chi connectivity index (χ1n) is 10.8. The molecule has 0 saturated carbocycles. The number of allylic oxidation sites excluding steroid dienone is 1. The van der Waals surface area contributed by atoms with Gasteiger partial charge in [-0.2, -0.15) is 0 Å². The number of methoxy groups -OCH3 is 1. The number of thioether (sulfide) groups is 1. The van der Waals surface area contributed by atoms with Crippen molar-refractivity contribution in [3.05, 3.63) is 76.7 Å². The Labute approximate surface area is 203 Å². The number of amides is 2. The molecule has 1 aliphatic rings. The van der Waals surface area contributed by atoms with Crippen molar-refractivity contribution in [3.8, 4) is 11.5 Å². The van der Waals surface area contributed by atoms with Crippen molar-refractivity contribution < 1.29 is 28.6 Å². The van der Waals surface area contributed by atoms with Gasteiger partial charge in [-0.25, -0.2) is 0 Å². The predicted molar refractivity (Wildman–Crippen MR) is 132 cm³/mol. The Bertz CT molecular complexity index is 1110. The normalized spacial score (nSPS) is 14.6. The minimum atomic E-state index is -0.631. The van der Waals surface area contributed by atoms with Gasteiger partial charge in [-0.3, -0.25) is 19.3 Å². The van der Waals surface area contributed by atoms with Crippen molar-refractivity contribution in [3.63, 3.8) is 0 Å². The van der Waals surface area contributed by atoms with E-state index in [2.05, 4.69) is 6.58 Å². The van der Waals surface area contributed by atoms with Crippen molar-refractivity contribution in [2.75, 3.05) is 13.7 Å². The number of nitrogens with zero attached hydrogens (tertiary/aromatic N) is 1. The van der Waals surface area contributed by atoms with Gasteiger partial charge in [0.1, 0.15) is 13.2 Å². The molecule has 0 aliphatic carbocycles. The highest BCUT2D eigenvalue weighted by atomic mass is 32.2. The van der Waals surface area contributed by atoms with E-state index in [1.54, 1.807) is 39.2 Å². The monoisotopic (exact) mass is 481 g/mol. The maximum atomic E-state index is 12.8. The first-order chi connectivity index (χ1) is 16.3. The third-order valence-corrected chi connectivity index (χ3v) is 5.70. The molecule has 1 aliphatic heterocycles. The van der Waals surface area contributed by atoms with Crippen molar-refractivity contribution in [1.82, 2.24) is 4.90 Å². The van der Waals surface area contributed by atoms with E-state index < -0.39 is 23.7 Å². The molecule has 2 aromatic rings. The topological polar surface area (TPSA) is 82.1 Å². The first-order valence-corrected chi connectivity index (χ1v) is 11.6. The smallest absolute Gasteiger partial charge is 0.326 e. The summed E-state index contributed by atoms with van der Waals surface area (Å²) in [6.45, 7) is 7.17. The number of hydrogen-bond donors (Lipinski definition) is 0. The van der Waals surface area contributed by atoms with Crippen LogP contribution in [0.2, 0.25) is 0 Å². The second kappa shape index (κ2) is 11.6. The summed E-state index contributed by atoms with van der Waals surface area (Å²) in [7, 11) is 1.54. The molecule has 0 spiro atoms. The molecule has 0 unspecified atom stereocenters. The van der Waals surface area contributed by atoms with Crippen LogP contribution >= 0.6 is 11.8 Å². The lowest BCUT2D eigenvalue weighted by molar-refractivity contribution is -0.149. The number of hydrogen-bond acceptors (Lipinski definition) is 7. The van der Waals surface area contributed by atoms with Gasteiger partial charge in [-0.1, -0.05) is 36.4 Å². The SMILES string of the molecule is C=CCc1cc(/C=C2\SC(=O)N(CC(=O)OC(C)C)C2=O)cc(OC)c1OCc1ccccc1. The maximum absolute atomic E-state index is 12.8. The summed E-state index contributed by atoms with van der Waals surface area (Å²) in [4.78, 5) is 38.1. The van der Waals surface area contributed by atoms with Gasteiger partial charge < -0.3 is 14.2 Å². The molecule has 34 heavy (non-hydrogen) atoms. The average molecular weight is 482 g/mol. The van der Waals surface area contributed by atoms with E-state index in [1.807, 2.05) is 36.4 Å². The standard InChI is InChI=1S/C26H27NO6S/c1-5-9-20-12-19(13-21(31-4)24(20)32-16-18-10-7-6-8-11-18)14-22-25(29)27(26(30)34-22)15-23(28)33-17(2)3/h5-8,10-14,17H,1,9,15-16H2,2-4H3/b22-14-. The number of esters is 1. The number of rotatable bonds is 10. The van der Waals surface area contributed by atoms with Crippen LogP contribution in [-0.4, -0.2) is 41.8 Å². The third kappa shape index (κ3) is 6.29. The zero-order chi connectivity index (χ0) is 24.7. The van der Waals surface area contributed by atoms with Gasteiger partial charge in [0.15, 0.2) is 11.5 Å². The van der Waals surface area contributed by atoms with E-state index in [4.69, 9.17) is 14.2 Å². The molecule has 1 fully saturated rings. The molecule has 178 valence electrons. The Balaban J connectivity index is 1.85. The van der Waals surface area contributed by atoms with Crippen LogP contribution in [0.5, 0.6) is 11.5 Å². The molecule has 2 amide bonds. The fourth-order valence-electron chi connectivity index (χ4n) is 3.34. The van der Waals surface area contributed by atoms with Gasteiger partial charge in [0, 0.05) is 5.56 Å². The van der Waals surface area contributed by atoms with Gasteiger partial charge >= 0.3 is 5.97 Å². The zero-order valence-corrected chi connectivity index (χ0v) is 20.2. The molecule has 0 aromatic heterocycles. The minimum absolute atomic E-state index is 0.215. The second-order valence-electron chi connectivity index (χ2n) is 7.78. The van der Waals surface area contributed by atoms with E-state index in [0.717, 1.165) is 27.8 Å². The molecule has 0 atom stereocenters. The molecule has 0 N–H and O–H groups in total. The van der Waals surface area contributed by atoms with Gasteiger partial charge in [0.05, 0.1) is 18.1 Å². The third-order valence-electron chi connectivity index (χ3n) is 4.79. The summed E-state index contributed by atoms with van der Waals surface area (Å²) < 4.78 is 16.7. The van der Waals surface area contributed by atoms with Crippen LogP contribution in [0.1, 0.15) is 30.5 Å². The summed E-state index contributed by atoms with van der Waals surface area (Å²) in [5, 5.41) is -0.516. The molecule has 1 saturated heterocycles. The molecular formula is C26H27NO6S. The maximum Gasteiger partial charge on any atom is 0.326 e. The van der Waals surface area contributed by atoms with E-state index in [-0.39, 0.29) is 11.0 Å². The summed E-state index contributed by atoms with van der Waals surface area (Å²) >= 11 is 0.780. The summed E-state index contributed by atoms with van der Waals surface area (Å²) in [5.41, 5.74) is 2.51. The average Bonchev–Trinajstić information content (AvgIpc) is 3.05. The highest BCUT2D eigenvalue weighted by molar-refractivity contribution is 8.18. The van der Waals surface area contributed by atoms with Crippen LogP contribution in [0.15, 0.2) is 60.0 Å². The summed E-state index contributed by atoms with van der Waals surface area (Å²) in [6.07, 6.45) is 3.54. The van der Waals surface area contributed by atoms with Crippen LogP contribution in [0.25, 0.3) is 6.08 Å². The number of imide groups is 1. The Kier molecular flexibility index (Phi) is 8.54. The molecule has 3 rings (SSSR count). The lowest BCUT2D eigenvalue weighted by atomic mass is 10.0. The lowest BCUT2D eigenvalue weighted by Gasteiger charge is -2.16. The van der Waals surface area contributed by atoms with Gasteiger partial charge in [-0.05, 0) is 61.4 Å². The molecule has 0 bridgehead atoms. The predicted octanol–water partition coefficient (Wildman–Crippen LogP) is 4.99. The van der Waals surface area contributed by atoms with Gasteiger partial charge in [0.2, 0.25) is 0 Å². The lowest BCUT2D eigenvalue weighted by Crippen LogP contribution is -2.35. The van der Waals surface area contributed by atoms with Crippen LogP contribution in [0.4, 0.5) is 4.79 Å². The van der Waals surface area contributed by atoms with E-state index in [9.17, 15) is 14.4 Å². The van der Waals surface area contributed by atoms with E-state index in [0.29, 0.717) is 30.1 Å². The second-order valence-corrected chi connectivity index (χ2v) is 8.78. The van der Waals surface area contributed by atoms with Crippen LogP contribution < -0.4 is 9.47 Å². The highest BCUT2D eigenvalue weighted by Crippen LogP contribution is 2.37. The van der Waals surface area contributed by atoms with E-state index in [1.165, 1.54) is 0 Å². The van der Waals surface area contributed by atoms with Crippen molar-refractivity contribution in [2.45, 2.75) is 33.0 Å². The van der Waals surface area contributed by atoms with E-state index >= 15 is 0 Å². The minimum Gasteiger partial charge on any atom is -0.493 e. The number of carbonyl (C=O) groups excluding carboxylic acids is 3. The fourth-order valence-corrected chi connectivity index (χ4v) is 4.17. The van der Waals surface area contributed by atoms with Crippen LogP contribution in [0.3, 0.4) is 0 Å². The molecule has 0 radical (unpaired) electrons.